The van der Waals surface area contributed by atoms with Crippen LogP contribution in [0.25, 0.3) is 0 Å². The van der Waals surface area contributed by atoms with Crippen molar-refractivity contribution in [2.24, 2.45) is 5.92 Å². The van der Waals surface area contributed by atoms with Crippen LogP contribution in [0.3, 0.4) is 0 Å². The molecule has 6 nitrogen and oxygen atoms in total. The lowest BCUT2D eigenvalue weighted by atomic mass is 10.1. The minimum atomic E-state index is -0.903. The third-order valence-corrected chi connectivity index (χ3v) is 4.76. The average Bonchev–Trinajstić information content (AvgIpc) is 2.79. The normalized spacial score (nSPS) is 12.5. The van der Waals surface area contributed by atoms with Gasteiger partial charge < -0.3 is 14.8 Å². The number of carbonyl (C=O) groups is 3. The van der Waals surface area contributed by atoms with Gasteiger partial charge in [-0.2, -0.15) is 0 Å². The Morgan fingerprint density at radius 1 is 0.867 bits per heavy atom. The molecule has 2 rings (SSSR count). The van der Waals surface area contributed by atoms with Gasteiger partial charge in [-0.15, -0.1) is 0 Å². The van der Waals surface area contributed by atoms with E-state index in [0.29, 0.717) is 6.42 Å². The first-order chi connectivity index (χ1) is 14.5. The molecule has 0 bridgehead atoms. The summed E-state index contributed by atoms with van der Waals surface area (Å²) in [5, 5.41) is 2.71. The molecule has 1 amide bonds. The maximum absolute atomic E-state index is 12.6. The fraction of sp³-hybridized carbons (Fsp3) is 0.375. The summed E-state index contributed by atoms with van der Waals surface area (Å²) in [5.41, 5.74) is 1.73. The molecule has 2 atom stereocenters. The van der Waals surface area contributed by atoms with Crippen LogP contribution in [-0.4, -0.2) is 23.9 Å². The summed E-state index contributed by atoms with van der Waals surface area (Å²) in [6.45, 7) is 3.96. The Kier molecular flexibility index (Phi) is 9.58. The molecule has 160 valence electrons. The predicted octanol–water partition coefficient (Wildman–Crippen LogP) is 3.78. The van der Waals surface area contributed by atoms with Crippen LogP contribution in [0, 0.1) is 5.92 Å². The first-order valence-electron chi connectivity index (χ1n) is 10.2. The minimum absolute atomic E-state index is 0.00127. The molecule has 0 aliphatic heterocycles. The number of nitrogens with one attached hydrogen (secondary N) is 1. The van der Waals surface area contributed by atoms with E-state index in [1.165, 1.54) is 0 Å². The second-order valence-corrected chi connectivity index (χ2v) is 7.15. The standard InChI is InChI=1S/C24H29NO5/c1-3-18(2)23(27)25-21(24(28)30-17-20-12-8-5-9-13-20)14-15-22(26)29-16-19-10-6-4-7-11-19/h4-13,18,21H,3,14-17H2,1-2H3,(H,25,27)/t18-,21+/m0/s1. The van der Waals surface area contributed by atoms with E-state index < -0.39 is 18.0 Å². The van der Waals surface area contributed by atoms with E-state index in [9.17, 15) is 14.4 Å². The predicted molar refractivity (Wildman–Crippen MR) is 113 cm³/mol. The topological polar surface area (TPSA) is 81.7 Å². The number of rotatable bonds is 11. The van der Waals surface area contributed by atoms with Crippen LogP contribution in [0.5, 0.6) is 0 Å². The van der Waals surface area contributed by atoms with Crippen LogP contribution in [0.1, 0.15) is 44.2 Å². The maximum Gasteiger partial charge on any atom is 0.328 e. The molecule has 0 radical (unpaired) electrons. The molecule has 0 aromatic heterocycles. The van der Waals surface area contributed by atoms with Gasteiger partial charge in [0, 0.05) is 12.3 Å². The largest absolute Gasteiger partial charge is 0.461 e. The molecule has 0 aliphatic rings. The van der Waals surface area contributed by atoms with E-state index in [2.05, 4.69) is 5.32 Å². The molecule has 2 aromatic carbocycles. The summed E-state index contributed by atoms with van der Waals surface area (Å²) in [4.78, 5) is 37.0. The lowest BCUT2D eigenvalue weighted by molar-refractivity contribution is -0.151. The highest BCUT2D eigenvalue weighted by Gasteiger charge is 2.25. The van der Waals surface area contributed by atoms with E-state index >= 15 is 0 Å². The number of amides is 1. The van der Waals surface area contributed by atoms with Gasteiger partial charge in [0.2, 0.25) is 5.91 Å². The molecule has 1 N–H and O–H groups in total. The lowest BCUT2D eigenvalue weighted by Crippen LogP contribution is -2.44. The zero-order valence-electron chi connectivity index (χ0n) is 17.5. The van der Waals surface area contributed by atoms with E-state index in [4.69, 9.17) is 9.47 Å². The van der Waals surface area contributed by atoms with Gasteiger partial charge in [0.15, 0.2) is 0 Å². The Morgan fingerprint density at radius 3 is 1.93 bits per heavy atom. The highest BCUT2D eigenvalue weighted by atomic mass is 16.5. The van der Waals surface area contributed by atoms with Crippen molar-refractivity contribution in [2.75, 3.05) is 0 Å². The van der Waals surface area contributed by atoms with Crippen LogP contribution in [0.2, 0.25) is 0 Å². The SMILES string of the molecule is CC[C@H](C)C(=O)N[C@H](CCC(=O)OCc1ccccc1)C(=O)OCc1ccccc1. The molecule has 0 saturated heterocycles. The number of hydrogen-bond donors (Lipinski definition) is 1. The summed E-state index contributed by atoms with van der Waals surface area (Å²) >= 11 is 0. The highest BCUT2D eigenvalue weighted by Crippen LogP contribution is 2.09. The maximum atomic E-state index is 12.6. The summed E-state index contributed by atoms with van der Waals surface area (Å²) in [7, 11) is 0. The van der Waals surface area contributed by atoms with Gasteiger partial charge in [0.25, 0.3) is 0 Å². The number of esters is 2. The molecule has 0 unspecified atom stereocenters. The van der Waals surface area contributed by atoms with Gasteiger partial charge in [-0.25, -0.2) is 4.79 Å². The van der Waals surface area contributed by atoms with E-state index in [1.54, 1.807) is 6.92 Å². The summed E-state index contributed by atoms with van der Waals surface area (Å²) in [5.74, 6) is -1.47. The minimum Gasteiger partial charge on any atom is -0.461 e. The van der Waals surface area contributed by atoms with Gasteiger partial charge in [-0.3, -0.25) is 9.59 Å². The molecular weight excluding hydrogens is 382 g/mol. The fourth-order valence-electron chi connectivity index (χ4n) is 2.65. The fourth-order valence-corrected chi connectivity index (χ4v) is 2.65. The second kappa shape index (κ2) is 12.4. The van der Waals surface area contributed by atoms with Crippen LogP contribution < -0.4 is 5.32 Å². The number of hydrogen-bond acceptors (Lipinski definition) is 5. The van der Waals surface area contributed by atoms with Gasteiger partial charge in [-0.05, 0) is 24.0 Å². The molecule has 6 heteroatoms. The Morgan fingerprint density at radius 2 is 1.40 bits per heavy atom. The van der Waals surface area contributed by atoms with Crippen molar-refractivity contribution in [1.29, 1.82) is 0 Å². The average molecular weight is 411 g/mol. The monoisotopic (exact) mass is 411 g/mol. The van der Waals surface area contributed by atoms with E-state index in [0.717, 1.165) is 11.1 Å². The second-order valence-electron chi connectivity index (χ2n) is 7.15. The first kappa shape index (κ1) is 23.1. The smallest absolute Gasteiger partial charge is 0.328 e. The van der Waals surface area contributed by atoms with E-state index in [-0.39, 0.29) is 37.9 Å². The summed E-state index contributed by atoms with van der Waals surface area (Å²) < 4.78 is 10.6. The third-order valence-electron chi connectivity index (χ3n) is 4.76. The third kappa shape index (κ3) is 8.07. The van der Waals surface area contributed by atoms with Gasteiger partial charge >= 0.3 is 11.9 Å². The number of carbonyl (C=O) groups excluding carboxylic acids is 3. The van der Waals surface area contributed by atoms with Crippen LogP contribution >= 0.6 is 0 Å². The Bertz CT molecular complexity index is 807. The molecule has 30 heavy (non-hydrogen) atoms. The molecular formula is C24H29NO5. The van der Waals surface area contributed by atoms with Crippen molar-refractivity contribution in [2.45, 2.75) is 52.4 Å². The Hall–Kier alpha value is -3.15. The van der Waals surface area contributed by atoms with E-state index in [1.807, 2.05) is 67.6 Å². The lowest BCUT2D eigenvalue weighted by Gasteiger charge is -2.19. The van der Waals surface area contributed by atoms with Crippen LogP contribution in [0.4, 0.5) is 0 Å². The van der Waals surface area contributed by atoms with Gasteiger partial charge in [0.05, 0.1) is 0 Å². The molecule has 0 saturated carbocycles. The van der Waals surface area contributed by atoms with Crippen molar-refractivity contribution < 1.29 is 23.9 Å². The van der Waals surface area contributed by atoms with Crippen molar-refractivity contribution in [3.05, 3.63) is 71.8 Å². The molecule has 0 fully saturated rings. The van der Waals surface area contributed by atoms with Crippen molar-refractivity contribution in [3.63, 3.8) is 0 Å². The first-order valence-corrected chi connectivity index (χ1v) is 10.2. The van der Waals surface area contributed by atoms with Crippen LogP contribution in [-0.2, 0) is 37.1 Å². The number of benzene rings is 2. The van der Waals surface area contributed by atoms with Crippen molar-refractivity contribution in [3.8, 4) is 0 Å². The quantitative estimate of drug-likeness (QED) is 0.569. The zero-order chi connectivity index (χ0) is 21.8. The Labute approximate surface area is 177 Å². The van der Waals surface area contributed by atoms with Crippen LogP contribution in [0.15, 0.2) is 60.7 Å². The molecule has 0 aliphatic carbocycles. The summed E-state index contributed by atoms with van der Waals surface area (Å²) in [6, 6.07) is 17.7. The summed E-state index contributed by atoms with van der Waals surface area (Å²) in [6.07, 6.45) is 0.763. The molecule has 2 aromatic rings. The Balaban J connectivity index is 1.90. The molecule has 0 heterocycles. The highest BCUT2D eigenvalue weighted by molar-refractivity contribution is 5.86. The molecule has 0 spiro atoms. The van der Waals surface area contributed by atoms with Gasteiger partial charge in [-0.1, -0.05) is 74.5 Å². The van der Waals surface area contributed by atoms with Crippen molar-refractivity contribution in [1.82, 2.24) is 5.32 Å². The van der Waals surface area contributed by atoms with Gasteiger partial charge in [0.1, 0.15) is 19.3 Å². The van der Waals surface area contributed by atoms with Crippen molar-refractivity contribution >= 4 is 17.8 Å². The number of ether oxygens (including phenoxy) is 2. The zero-order valence-corrected chi connectivity index (χ0v) is 17.5.